The maximum atomic E-state index is 11.1. The zero-order chi connectivity index (χ0) is 14.4. The van der Waals surface area contributed by atoms with E-state index in [1.807, 2.05) is 29.6 Å². The number of hydrogen-bond donors (Lipinski definition) is 2. The third kappa shape index (κ3) is 4.08. The number of carbonyl (C=O) groups is 1. The first-order valence-corrected chi connectivity index (χ1v) is 7.24. The molecule has 4 nitrogen and oxygen atoms in total. The molecule has 0 bridgehead atoms. The quantitative estimate of drug-likeness (QED) is 0.860. The fourth-order valence-electron chi connectivity index (χ4n) is 1.88. The molecule has 0 radical (unpaired) electrons. The minimum absolute atomic E-state index is 0.0440. The van der Waals surface area contributed by atoms with Crippen molar-refractivity contribution < 1.29 is 9.53 Å². The molecule has 2 aromatic rings. The number of thiophene rings is 1. The molecule has 2 rings (SSSR count). The molecule has 106 valence electrons. The second kappa shape index (κ2) is 7.07. The van der Waals surface area contributed by atoms with E-state index < -0.39 is 0 Å². The molecule has 1 amide bonds. The number of benzene rings is 1. The number of methoxy groups -OCH3 is 1. The van der Waals surface area contributed by atoms with Crippen LogP contribution in [-0.4, -0.2) is 13.0 Å². The zero-order valence-electron chi connectivity index (χ0n) is 11.6. The second-order valence-corrected chi connectivity index (χ2v) is 5.39. The van der Waals surface area contributed by atoms with Gasteiger partial charge in [-0.2, -0.15) is 0 Å². The number of rotatable bonds is 6. The van der Waals surface area contributed by atoms with Gasteiger partial charge in [0.05, 0.1) is 12.8 Å². The van der Waals surface area contributed by atoms with Gasteiger partial charge in [-0.15, -0.1) is 11.3 Å². The summed E-state index contributed by atoms with van der Waals surface area (Å²) in [6.07, 6.45) is 0. The summed E-state index contributed by atoms with van der Waals surface area (Å²) in [6.45, 7) is 3.00. The van der Waals surface area contributed by atoms with Crippen LogP contribution >= 0.6 is 11.3 Å². The number of ether oxygens (including phenoxy) is 1. The third-order valence-electron chi connectivity index (χ3n) is 2.80. The Bertz CT molecular complexity index is 581. The van der Waals surface area contributed by atoms with Gasteiger partial charge in [-0.3, -0.25) is 4.79 Å². The SMILES string of the molecule is COc1cccc(CNCc2sccc2NC(C)=O)c1. The van der Waals surface area contributed by atoms with Crippen molar-refractivity contribution in [3.63, 3.8) is 0 Å². The van der Waals surface area contributed by atoms with Crippen LogP contribution in [0.25, 0.3) is 0 Å². The van der Waals surface area contributed by atoms with Gasteiger partial charge in [0.25, 0.3) is 0 Å². The highest BCUT2D eigenvalue weighted by Gasteiger charge is 2.05. The van der Waals surface area contributed by atoms with E-state index in [4.69, 9.17) is 4.74 Å². The van der Waals surface area contributed by atoms with Gasteiger partial charge in [-0.05, 0) is 29.1 Å². The highest BCUT2D eigenvalue weighted by molar-refractivity contribution is 7.10. The van der Waals surface area contributed by atoms with Crippen molar-refractivity contribution in [1.29, 1.82) is 0 Å². The smallest absolute Gasteiger partial charge is 0.221 e. The predicted octanol–water partition coefficient (Wildman–Crippen LogP) is 3.00. The van der Waals surface area contributed by atoms with Gasteiger partial charge in [-0.1, -0.05) is 12.1 Å². The number of nitrogens with one attached hydrogen (secondary N) is 2. The molecule has 1 aromatic heterocycles. The number of anilines is 1. The van der Waals surface area contributed by atoms with E-state index in [1.165, 1.54) is 12.5 Å². The van der Waals surface area contributed by atoms with Crippen LogP contribution in [-0.2, 0) is 17.9 Å². The minimum Gasteiger partial charge on any atom is -0.497 e. The van der Waals surface area contributed by atoms with E-state index in [2.05, 4.69) is 16.7 Å². The zero-order valence-corrected chi connectivity index (χ0v) is 12.4. The van der Waals surface area contributed by atoms with Crippen molar-refractivity contribution in [2.24, 2.45) is 0 Å². The Balaban J connectivity index is 1.89. The van der Waals surface area contributed by atoms with Crippen LogP contribution < -0.4 is 15.4 Å². The number of hydrogen-bond acceptors (Lipinski definition) is 4. The summed E-state index contributed by atoms with van der Waals surface area (Å²) in [7, 11) is 1.66. The summed E-state index contributed by atoms with van der Waals surface area (Å²) in [5, 5.41) is 8.18. The Kier molecular flexibility index (Phi) is 5.15. The Labute approximate surface area is 122 Å². The molecular weight excluding hydrogens is 272 g/mol. The molecule has 0 saturated carbocycles. The van der Waals surface area contributed by atoms with Gasteiger partial charge in [0.2, 0.25) is 5.91 Å². The molecule has 0 atom stereocenters. The lowest BCUT2D eigenvalue weighted by molar-refractivity contribution is -0.114. The summed E-state index contributed by atoms with van der Waals surface area (Å²) in [5.41, 5.74) is 2.06. The van der Waals surface area contributed by atoms with Crippen LogP contribution in [0.2, 0.25) is 0 Å². The standard InChI is InChI=1S/C15H18N2O2S/c1-11(18)17-14-6-7-20-15(14)10-16-9-12-4-3-5-13(8-12)19-2/h3-8,16H,9-10H2,1-2H3,(H,17,18). The Hall–Kier alpha value is -1.85. The molecule has 20 heavy (non-hydrogen) atoms. The fourth-order valence-corrected chi connectivity index (χ4v) is 2.68. The molecule has 0 unspecified atom stereocenters. The van der Waals surface area contributed by atoms with Gasteiger partial charge in [0.1, 0.15) is 5.75 Å². The van der Waals surface area contributed by atoms with Crippen molar-refractivity contribution in [3.8, 4) is 5.75 Å². The van der Waals surface area contributed by atoms with E-state index in [0.29, 0.717) is 0 Å². The lowest BCUT2D eigenvalue weighted by atomic mass is 10.2. The first kappa shape index (κ1) is 14.6. The summed E-state index contributed by atoms with van der Waals surface area (Å²) < 4.78 is 5.20. The largest absolute Gasteiger partial charge is 0.497 e. The van der Waals surface area contributed by atoms with E-state index in [0.717, 1.165) is 29.4 Å². The van der Waals surface area contributed by atoms with Crippen molar-refractivity contribution in [1.82, 2.24) is 5.32 Å². The summed E-state index contributed by atoms with van der Waals surface area (Å²) in [5.74, 6) is 0.816. The molecule has 5 heteroatoms. The minimum atomic E-state index is -0.0440. The molecule has 0 spiro atoms. The predicted molar refractivity (Wildman–Crippen MR) is 82.2 cm³/mol. The Morgan fingerprint density at radius 2 is 2.15 bits per heavy atom. The Morgan fingerprint density at radius 1 is 1.30 bits per heavy atom. The van der Waals surface area contributed by atoms with Gasteiger partial charge < -0.3 is 15.4 Å². The van der Waals surface area contributed by atoms with Gasteiger partial charge >= 0.3 is 0 Å². The van der Waals surface area contributed by atoms with Crippen molar-refractivity contribution >= 4 is 22.9 Å². The first-order chi connectivity index (χ1) is 9.69. The van der Waals surface area contributed by atoms with E-state index in [1.54, 1.807) is 18.4 Å². The van der Waals surface area contributed by atoms with E-state index in [-0.39, 0.29) is 5.91 Å². The van der Waals surface area contributed by atoms with E-state index in [9.17, 15) is 4.79 Å². The van der Waals surface area contributed by atoms with E-state index >= 15 is 0 Å². The highest BCUT2D eigenvalue weighted by Crippen LogP contribution is 2.22. The Morgan fingerprint density at radius 3 is 2.90 bits per heavy atom. The lowest BCUT2D eigenvalue weighted by Crippen LogP contribution is -2.14. The molecule has 0 saturated heterocycles. The van der Waals surface area contributed by atoms with Crippen LogP contribution in [0.3, 0.4) is 0 Å². The van der Waals surface area contributed by atoms with Gasteiger partial charge in [0.15, 0.2) is 0 Å². The number of carbonyl (C=O) groups excluding carboxylic acids is 1. The summed E-state index contributed by atoms with van der Waals surface area (Å²) >= 11 is 1.63. The molecule has 2 N–H and O–H groups in total. The maximum absolute atomic E-state index is 11.1. The molecule has 1 heterocycles. The topological polar surface area (TPSA) is 50.4 Å². The lowest BCUT2D eigenvalue weighted by Gasteiger charge is -2.07. The van der Waals surface area contributed by atoms with Crippen LogP contribution in [0.4, 0.5) is 5.69 Å². The monoisotopic (exact) mass is 290 g/mol. The highest BCUT2D eigenvalue weighted by atomic mass is 32.1. The van der Waals surface area contributed by atoms with Crippen LogP contribution in [0.1, 0.15) is 17.4 Å². The average molecular weight is 290 g/mol. The van der Waals surface area contributed by atoms with Crippen molar-refractivity contribution in [2.45, 2.75) is 20.0 Å². The van der Waals surface area contributed by atoms with Gasteiger partial charge in [0, 0.05) is 24.9 Å². The van der Waals surface area contributed by atoms with Crippen LogP contribution in [0.5, 0.6) is 5.75 Å². The third-order valence-corrected chi connectivity index (χ3v) is 3.73. The van der Waals surface area contributed by atoms with Gasteiger partial charge in [-0.25, -0.2) is 0 Å². The average Bonchev–Trinajstić information content (AvgIpc) is 2.86. The van der Waals surface area contributed by atoms with Crippen molar-refractivity contribution in [2.75, 3.05) is 12.4 Å². The molecule has 1 aromatic carbocycles. The van der Waals surface area contributed by atoms with Crippen molar-refractivity contribution in [3.05, 3.63) is 46.2 Å². The first-order valence-electron chi connectivity index (χ1n) is 6.36. The normalized spacial score (nSPS) is 10.3. The molecule has 0 aliphatic rings. The maximum Gasteiger partial charge on any atom is 0.221 e. The summed E-state index contributed by atoms with van der Waals surface area (Å²) in [6, 6.07) is 9.89. The summed E-state index contributed by atoms with van der Waals surface area (Å²) in [4.78, 5) is 12.2. The number of amides is 1. The van der Waals surface area contributed by atoms with Crippen LogP contribution in [0.15, 0.2) is 35.7 Å². The molecule has 0 aliphatic heterocycles. The second-order valence-electron chi connectivity index (χ2n) is 4.39. The molecular formula is C15H18N2O2S. The molecule has 0 fully saturated rings. The molecule has 0 aliphatic carbocycles. The van der Waals surface area contributed by atoms with Crippen LogP contribution in [0, 0.1) is 0 Å². The fraction of sp³-hybridized carbons (Fsp3) is 0.267.